The van der Waals surface area contributed by atoms with Gasteiger partial charge in [0.05, 0.1) is 7.11 Å². The molecule has 2 aromatic heterocycles. The first-order valence-corrected chi connectivity index (χ1v) is 6.71. The van der Waals surface area contributed by atoms with Crippen molar-refractivity contribution in [3.05, 3.63) is 23.5 Å². The summed E-state index contributed by atoms with van der Waals surface area (Å²) in [4.78, 5) is 13.8. The Bertz CT molecular complexity index is 538. The molecule has 18 heavy (non-hydrogen) atoms. The number of nitrogens with zero attached hydrogens (tertiary/aromatic N) is 3. The monoisotopic (exact) mass is 262 g/mol. The second-order valence-corrected chi connectivity index (χ2v) is 5.35. The van der Waals surface area contributed by atoms with Gasteiger partial charge in [-0.15, -0.1) is 11.3 Å². The standard InChI is InChI=1S/C12H14N4OS/c1-17-11-4-10(15-7-16-11)12-14-6-9(18-12)5-13-8-2-3-8/h4,6-8,13H,2-3,5H2,1H3. The lowest BCUT2D eigenvalue weighted by Crippen LogP contribution is -2.14. The van der Waals surface area contributed by atoms with Crippen LogP contribution in [-0.2, 0) is 6.54 Å². The van der Waals surface area contributed by atoms with Crippen LogP contribution in [0.2, 0.25) is 0 Å². The molecule has 0 radical (unpaired) electrons. The molecule has 5 nitrogen and oxygen atoms in total. The number of methoxy groups -OCH3 is 1. The molecule has 1 aliphatic carbocycles. The molecule has 2 aromatic rings. The zero-order valence-electron chi connectivity index (χ0n) is 10.1. The Morgan fingerprint density at radius 1 is 1.39 bits per heavy atom. The van der Waals surface area contributed by atoms with Crippen LogP contribution in [0, 0.1) is 0 Å². The molecular formula is C12H14N4OS. The highest BCUT2D eigenvalue weighted by Crippen LogP contribution is 2.26. The second-order valence-electron chi connectivity index (χ2n) is 4.23. The van der Waals surface area contributed by atoms with Crippen LogP contribution in [0.3, 0.4) is 0 Å². The predicted octanol–water partition coefficient (Wildman–Crippen LogP) is 1.86. The summed E-state index contributed by atoms with van der Waals surface area (Å²) in [6, 6.07) is 2.52. The summed E-state index contributed by atoms with van der Waals surface area (Å²) < 4.78 is 5.08. The topological polar surface area (TPSA) is 59.9 Å². The first kappa shape index (κ1) is 11.6. The molecule has 0 unspecified atom stereocenters. The van der Waals surface area contributed by atoms with E-state index in [4.69, 9.17) is 4.74 Å². The van der Waals surface area contributed by atoms with Gasteiger partial charge in [-0.25, -0.2) is 15.0 Å². The van der Waals surface area contributed by atoms with Gasteiger partial charge in [-0.05, 0) is 12.8 Å². The molecule has 3 rings (SSSR count). The highest BCUT2D eigenvalue weighted by Gasteiger charge is 2.20. The Morgan fingerprint density at radius 3 is 3.06 bits per heavy atom. The van der Waals surface area contributed by atoms with E-state index in [1.54, 1.807) is 24.5 Å². The molecule has 2 heterocycles. The predicted molar refractivity (Wildman–Crippen MR) is 69.6 cm³/mol. The molecule has 1 fully saturated rings. The van der Waals surface area contributed by atoms with E-state index in [0.717, 1.165) is 23.3 Å². The average molecular weight is 262 g/mol. The van der Waals surface area contributed by atoms with E-state index >= 15 is 0 Å². The van der Waals surface area contributed by atoms with Crippen LogP contribution in [0.1, 0.15) is 17.7 Å². The Balaban J connectivity index is 1.74. The number of nitrogens with one attached hydrogen (secondary N) is 1. The molecule has 1 aliphatic rings. The van der Waals surface area contributed by atoms with Crippen molar-refractivity contribution in [1.29, 1.82) is 0 Å². The smallest absolute Gasteiger partial charge is 0.216 e. The van der Waals surface area contributed by atoms with Crippen LogP contribution < -0.4 is 10.1 Å². The first-order valence-electron chi connectivity index (χ1n) is 5.89. The fraction of sp³-hybridized carbons (Fsp3) is 0.417. The fourth-order valence-corrected chi connectivity index (χ4v) is 2.44. The van der Waals surface area contributed by atoms with Crippen LogP contribution in [0.25, 0.3) is 10.7 Å². The van der Waals surface area contributed by atoms with Crippen molar-refractivity contribution in [2.24, 2.45) is 0 Å². The summed E-state index contributed by atoms with van der Waals surface area (Å²) in [5.41, 5.74) is 0.810. The molecule has 1 N–H and O–H groups in total. The third-order valence-corrected chi connectivity index (χ3v) is 3.79. The summed E-state index contributed by atoms with van der Waals surface area (Å²) in [6.45, 7) is 0.893. The van der Waals surface area contributed by atoms with Crippen molar-refractivity contribution < 1.29 is 4.74 Å². The van der Waals surface area contributed by atoms with E-state index in [2.05, 4.69) is 20.3 Å². The van der Waals surface area contributed by atoms with Gasteiger partial charge in [0.2, 0.25) is 5.88 Å². The zero-order chi connectivity index (χ0) is 12.4. The molecule has 0 bridgehead atoms. The highest BCUT2D eigenvalue weighted by atomic mass is 32.1. The van der Waals surface area contributed by atoms with E-state index < -0.39 is 0 Å². The van der Waals surface area contributed by atoms with Crippen molar-refractivity contribution in [2.75, 3.05) is 7.11 Å². The van der Waals surface area contributed by atoms with E-state index in [-0.39, 0.29) is 0 Å². The van der Waals surface area contributed by atoms with Crippen LogP contribution in [0.4, 0.5) is 0 Å². The van der Waals surface area contributed by atoms with E-state index in [1.807, 2.05) is 6.20 Å². The maximum Gasteiger partial charge on any atom is 0.216 e. The molecule has 0 spiro atoms. The van der Waals surface area contributed by atoms with Crippen LogP contribution >= 0.6 is 11.3 Å². The molecule has 94 valence electrons. The SMILES string of the molecule is COc1cc(-c2ncc(CNC3CC3)s2)ncn1. The molecule has 0 aromatic carbocycles. The van der Waals surface area contributed by atoms with Crippen molar-refractivity contribution in [2.45, 2.75) is 25.4 Å². The van der Waals surface area contributed by atoms with Gasteiger partial charge >= 0.3 is 0 Å². The van der Waals surface area contributed by atoms with Crippen molar-refractivity contribution >= 4 is 11.3 Å². The molecule has 0 atom stereocenters. The van der Waals surface area contributed by atoms with Crippen LogP contribution in [0.5, 0.6) is 5.88 Å². The summed E-state index contributed by atoms with van der Waals surface area (Å²) in [7, 11) is 1.60. The molecule has 0 amide bonds. The summed E-state index contributed by atoms with van der Waals surface area (Å²) >= 11 is 1.66. The number of ether oxygens (including phenoxy) is 1. The first-order chi connectivity index (χ1) is 8.85. The van der Waals surface area contributed by atoms with Crippen molar-refractivity contribution in [3.63, 3.8) is 0 Å². The number of rotatable bonds is 5. The summed E-state index contributed by atoms with van der Waals surface area (Å²) in [6.07, 6.45) is 6.01. The van der Waals surface area contributed by atoms with Gasteiger partial charge < -0.3 is 10.1 Å². The molecule has 6 heteroatoms. The number of hydrogen-bond acceptors (Lipinski definition) is 6. The third kappa shape index (κ3) is 2.65. The maximum atomic E-state index is 5.08. The molecule has 0 saturated heterocycles. The average Bonchev–Trinajstić information content (AvgIpc) is 3.13. The largest absolute Gasteiger partial charge is 0.481 e. The minimum absolute atomic E-state index is 0.563. The van der Waals surface area contributed by atoms with Crippen LogP contribution in [0.15, 0.2) is 18.6 Å². The molecule has 0 aliphatic heterocycles. The van der Waals surface area contributed by atoms with Gasteiger partial charge in [0, 0.05) is 29.7 Å². The summed E-state index contributed by atoms with van der Waals surface area (Å²) in [5, 5.41) is 4.38. The second kappa shape index (κ2) is 4.99. The maximum absolute atomic E-state index is 5.08. The molecule has 1 saturated carbocycles. The van der Waals surface area contributed by atoms with E-state index in [0.29, 0.717) is 5.88 Å². The van der Waals surface area contributed by atoms with E-state index in [9.17, 15) is 0 Å². The third-order valence-electron chi connectivity index (χ3n) is 2.77. The van der Waals surface area contributed by atoms with Crippen molar-refractivity contribution in [3.8, 4) is 16.6 Å². The van der Waals surface area contributed by atoms with Crippen molar-refractivity contribution in [1.82, 2.24) is 20.3 Å². The Morgan fingerprint density at radius 2 is 2.28 bits per heavy atom. The number of hydrogen-bond donors (Lipinski definition) is 1. The lowest BCUT2D eigenvalue weighted by atomic mass is 10.4. The van der Waals surface area contributed by atoms with Gasteiger partial charge in [-0.1, -0.05) is 0 Å². The lowest BCUT2D eigenvalue weighted by molar-refractivity contribution is 0.397. The van der Waals surface area contributed by atoms with Gasteiger partial charge in [-0.3, -0.25) is 0 Å². The Hall–Kier alpha value is -1.53. The normalized spacial score (nSPS) is 14.7. The van der Waals surface area contributed by atoms with E-state index in [1.165, 1.54) is 24.0 Å². The van der Waals surface area contributed by atoms with Gasteiger partial charge in [0.15, 0.2) is 0 Å². The minimum Gasteiger partial charge on any atom is -0.481 e. The minimum atomic E-state index is 0.563. The Labute approximate surface area is 109 Å². The number of thiazole rings is 1. The lowest BCUT2D eigenvalue weighted by Gasteiger charge is -1.99. The molecular weight excluding hydrogens is 248 g/mol. The quantitative estimate of drug-likeness (QED) is 0.891. The van der Waals surface area contributed by atoms with Crippen LogP contribution in [-0.4, -0.2) is 28.1 Å². The number of aromatic nitrogens is 3. The van der Waals surface area contributed by atoms with Gasteiger partial charge in [0.25, 0.3) is 0 Å². The highest BCUT2D eigenvalue weighted by molar-refractivity contribution is 7.14. The fourth-order valence-electron chi connectivity index (χ4n) is 1.61. The van der Waals surface area contributed by atoms with Gasteiger partial charge in [0.1, 0.15) is 17.0 Å². The Kier molecular flexibility index (Phi) is 3.21. The summed E-state index contributed by atoms with van der Waals surface area (Å²) in [5.74, 6) is 0.563. The van der Waals surface area contributed by atoms with Gasteiger partial charge in [-0.2, -0.15) is 0 Å². The zero-order valence-corrected chi connectivity index (χ0v) is 10.9.